The highest BCUT2D eigenvalue weighted by Crippen LogP contribution is 2.21. The van der Waals surface area contributed by atoms with Crippen molar-refractivity contribution in [3.63, 3.8) is 0 Å². The maximum atomic E-state index is 4.18. The van der Waals surface area contributed by atoms with Crippen LogP contribution in [-0.2, 0) is 20.0 Å². The van der Waals surface area contributed by atoms with Crippen LogP contribution in [0.3, 0.4) is 0 Å². The minimum absolute atomic E-state index is 1.000. The van der Waals surface area contributed by atoms with E-state index in [4.69, 9.17) is 0 Å². The monoisotopic (exact) mass is 313 g/mol. The van der Waals surface area contributed by atoms with Crippen LogP contribution in [0.2, 0.25) is 0 Å². The molecule has 0 aliphatic heterocycles. The number of hydrogen-bond donors (Lipinski definition) is 0. The van der Waals surface area contributed by atoms with E-state index in [0.29, 0.717) is 0 Å². The summed E-state index contributed by atoms with van der Waals surface area (Å²) in [6.45, 7) is 2.05. The fourth-order valence-corrected chi connectivity index (χ4v) is 2.97. The van der Waals surface area contributed by atoms with E-state index in [1.165, 1.54) is 15.0 Å². The molecule has 2 rings (SSSR count). The highest BCUT2D eigenvalue weighted by atomic mass is 79.9. The number of aromatic nitrogens is 2. The summed E-state index contributed by atoms with van der Waals surface area (Å²) < 4.78 is 3.14. The van der Waals surface area contributed by atoms with Crippen molar-refractivity contribution in [1.82, 2.24) is 14.7 Å². The van der Waals surface area contributed by atoms with Crippen molar-refractivity contribution in [3.8, 4) is 0 Å². The van der Waals surface area contributed by atoms with Crippen LogP contribution in [-0.4, -0.2) is 28.3 Å². The SMILES string of the molecule is CN(CCc1ccnn1C)Cc1csc(Br)c1. The Morgan fingerprint density at radius 1 is 1.53 bits per heavy atom. The zero-order valence-corrected chi connectivity index (χ0v) is 12.5. The lowest BCUT2D eigenvalue weighted by Crippen LogP contribution is -2.21. The Bertz CT molecular complexity index is 478. The number of hydrogen-bond acceptors (Lipinski definition) is 3. The average Bonchev–Trinajstić information content (AvgIpc) is 2.85. The lowest BCUT2D eigenvalue weighted by Gasteiger charge is -2.15. The van der Waals surface area contributed by atoms with Gasteiger partial charge in [-0.2, -0.15) is 5.10 Å². The first-order valence-electron chi connectivity index (χ1n) is 5.53. The summed E-state index contributed by atoms with van der Waals surface area (Å²) in [7, 11) is 4.15. The summed E-state index contributed by atoms with van der Waals surface area (Å²) in [6, 6.07) is 4.26. The van der Waals surface area contributed by atoms with E-state index in [1.54, 1.807) is 11.3 Å². The molecule has 0 aliphatic carbocycles. The van der Waals surface area contributed by atoms with E-state index in [2.05, 4.69) is 50.5 Å². The molecule has 0 atom stereocenters. The normalized spacial score (nSPS) is 11.3. The van der Waals surface area contributed by atoms with Crippen LogP contribution in [0.15, 0.2) is 27.5 Å². The molecule has 0 fully saturated rings. The molecule has 0 radical (unpaired) electrons. The van der Waals surface area contributed by atoms with Crippen molar-refractivity contribution in [2.45, 2.75) is 13.0 Å². The van der Waals surface area contributed by atoms with Crippen LogP contribution in [0.4, 0.5) is 0 Å². The minimum Gasteiger partial charge on any atom is -0.302 e. The largest absolute Gasteiger partial charge is 0.302 e. The van der Waals surface area contributed by atoms with Crippen molar-refractivity contribution in [1.29, 1.82) is 0 Å². The molecule has 2 aromatic rings. The zero-order chi connectivity index (χ0) is 12.3. The fourth-order valence-electron chi connectivity index (χ4n) is 1.77. The number of nitrogens with zero attached hydrogens (tertiary/aromatic N) is 3. The smallest absolute Gasteiger partial charge is 0.0701 e. The molecular weight excluding hydrogens is 298 g/mol. The van der Waals surface area contributed by atoms with E-state index in [1.807, 2.05) is 17.9 Å². The van der Waals surface area contributed by atoms with Crippen molar-refractivity contribution < 1.29 is 0 Å². The van der Waals surface area contributed by atoms with Gasteiger partial charge in [0, 0.05) is 38.4 Å². The van der Waals surface area contributed by atoms with Gasteiger partial charge in [0.15, 0.2) is 0 Å². The van der Waals surface area contributed by atoms with Gasteiger partial charge in [0.05, 0.1) is 3.79 Å². The Morgan fingerprint density at radius 3 is 2.94 bits per heavy atom. The first kappa shape index (κ1) is 12.8. The van der Waals surface area contributed by atoms with E-state index >= 15 is 0 Å². The maximum absolute atomic E-state index is 4.18. The topological polar surface area (TPSA) is 21.1 Å². The quantitative estimate of drug-likeness (QED) is 0.846. The molecular formula is C12H16BrN3S. The molecule has 0 aliphatic rings. The van der Waals surface area contributed by atoms with Gasteiger partial charge in [0.25, 0.3) is 0 Å². The Balaban J connectivity index is 1.82. The highest BCUT2D eigenvalue weighted by Gasteiger charge is 2.04. The standard InChI is InChI=1S/C12H16BrN3S/c1-15(8-10-7-12(13)17-9-10)6-4-11-3-5-14-16(11)2/h3,5,7,9H,4,6,8H2,1-2H3. The van der Waals surface area contributed by atoms with Crippen LogP contribution in [0.1, 0.15) is 11.3 Å². The first-order valence-corrected chi connectivity index (χ1v) is 7.21. The fraction of sp³-hybridized carbons (Fsp3) is 0.417. The van der Waals surface area contributed by atoms with Crippen molar-refractivity contribution in [3.05, 3.63) is 38.8 Å². The molecule has 0 saturated heterocycles. The lowest BCUT2D eigenvalue weighted by molar-refractivity contribution is 0.328. The summed E-state index contributed by atoms with van der Waals surface area (Å²) in [5.74, 6) is 0. The van der Waals surface area contributed by atoms with Gasteiger partial charge in [-0.15, -0.1) is 11.3 Å². The van der Waals surface area contributed by atoms with E-state index in [9.17, 15) is 0 Å². The van der Waals surface area contributed by atoms with Crippen LogP contribution in [0.5, 0.6) is 0 Å². The molecule has 3 nitrogen and oxygen atoms in total. The second-order valence-electron chi connectivity index (χ2n) is 4.19. The van der Waals surface area contributed by atoms with E-state index in [0.717, 1.165) is 19.5 Å². The first-order chi connectivity index (χ1) is 8.15. The van der Waals surface area contributed by atoms with Gasteiger partial charge >= 0.3 is 0 Å². The molecule has 0 aromatic carbocycles. The van der Waals surface area contributed by atoms with Crippen LogP contribution >= 0.6 is 27.3 Å². The number of rotatable bonds is 5. The van der Waals surface area contributed by atoms with Gasteiger partial charge in [0.2, 0.25) is 0 Å². The van der Waals surface area contributed by atoms with Gasteiger partial charge in [-0.25, -0.2) is 0 Å². The van der Waals surface area contributed by atoms with Crippen LogP contribution in [0.25, 0.3) is 0 Å². The number of thiophene rings is 1. The number of likely N-dealkylation sites (N-methyl/N-ethyl adjacent to an activating group) is 1. The summed E-state index contributed by atoms with van der Waals surface area (Å²) >= 11 is 5.23. The second kappa shape index (κ2) is 5.80. The summed E-state index contributed by atoms with van der Waals surface area (Å²) in [5.41, 5.74) is 2.65. The maximum Gasteiger partial charge on any atom is 0.0701 e. The van der Waals surface area contributed by atoms with Crippen LogP contribution in [0, 0.1) is 0 Å². The number of halogens is 1. The Hall–Kier alpha value is -0.650. The summed E-state index contributed by atoms with van der Waals surface area (Å²) in [4.78, 5) is 2.33. The summed E-state index contributed by atoms with van der Waals surface area (Å²) in [6.07, 6.45) is 2.89. The van der Waals surface area contributed by atoms with Gasteiger partial charge < -0.3 is 4.90 Å². The Labute approximate surface area is 114 Å². The third-order valence-corrected chi connectivity index (χ3v) is 4.30. The predicted molar refractivity (Wildman–Crippen MR) is 75.3 cm³/mol. The third-order valence-electron chi connectivity index (χ3n) is 2.75. The molecule has 0 N–H and O–H groups in total. The highest BCUT2D eigenvalue weighted by molar-refractivity contribution is 9.11. The molecule has 0 unspecified atom stereocenters. The average molecular weight is 314 g/mol. The van der Waals surface area contributed by atoms with Gasteiger partial charge in [-0.05, 0) is 46.1 Å². The summed E-state index contributed by atoms with van der Waals surface area (Å²) in [5, 5.41) is 6.37. The molecule has 2 aromatic heterocycles. The molecule has 0 saturated carbocycles. The zero-order valence-electron chi connectivity index (χ0n) is 10.1. The molecule has 17 heavy (non-hydrogen) atoms. The molecule has 0 spiro atoms. The molecule has 0 bridgehead atoms. The van der Waals surface area contributed by atoms with E-state index in [-0.39, 0.29) is 0 Å². The van der Waals surface area contributed by atoms with Gasteiger partial charge in [0.1, 0.15) is 0 Å². The predicted octanol–water partition coefficient (Wildman–Crippen LogP) is 2.92. The van der Waals surface area contributed by atoms with Crippen LogP contribution < -0.4 is 0 Å². The lowest BCUT2D eigenvalue weighted by atomic mass is 10.2. The molecule has 0 amide bonds. The third kappa shape index (κ3) is 3.66. The van der Waals surface area contributed by atoms with Crippen molar-refractivity contribution >= 4 is 27.3 Å². The minimum atomic E-state index is 1.000. The van der Waals surface area contributed by atoms with Gasteiger partial charge in [-0.1, -0.05) is 0 Å². The number of aryl methyl sites for hydroxylation is 1. The van der Waals surface area contributed by atoms with Gasteiger partial charge in [-0.3, -0.25) is 4.68 Å². The Kier molecular flexibility index (Phi) is 4.36. The van der Waals surface area contributed by atoms with E-state index < -0.39 is 0 Å². The molecule has 92 valence electrons. The Morgan fingerprint density at radius 2 is 2.35 bits per heavy atom. The molecule has 5 heteroatoms. The second-order valence-corrected chi connectivity index (χ2v) is 6.48. The molecule has 2 heterocycles. The van der Waals surface area contributed by atoms with Crippen molar-refractivity contribution in [2.24, 2.45) is 7.05 Å². The van der Waals surface area contributed by atoms with Crippen molar-refractivity contribution in [2.75, 3.05) is 13.6 Å².